The normalized spacial score (nSPS) is 13.3. The summed E-state index contributed by atoms with van der Waals surface area (Å²) < 4.78 is 2.22. The van der Waals surface area contributed by atoms with Crippen LogP contribution in [0.1, 0.15) is 47.4 Å². The third-order valence-electron chi connectivity index (χ3n) is 6.34. The summed E-state index contributed by atoms with van der Waals surface area (Å²) in [7, 11) is 2.07. The number of rotatable bonds is 5. The zero-order valence-electron chi connectivity index (χ0n) is 17.6. The van der Waals surface area contributed by atoms with E-state index in [1.807, 2.05) is 12.1 Å². The van der Waals surface area contributed by atoms with Gasteiger partial charge in [0.1, 0.15) is 5.75 Å². The van der Waals surface area contributed by atoms with Gasteiger partial charge in [-0.2, -0.15) is 0 Å². The van der Waals surface area contributed by atoms with Gasteiger partial charge in [0.2, 0.25) is 0 Å². The second-order valence-electron chi connectivity index (χ2n) is 7.87. The molecule has 2 heterocycles. The second kappa shape index (κ2) is 7.65. The summed E-state index contributed by atoms with van der Waals surface area (Å²) in [6.45, 7) is 7.14. The van der Waals surface area contributed by atoms with Gasteiger partial charge in [-0.05, 0) is 50.0 Å². The first-order chi connectivity index (χ1) is 14.4. The highest BCUT2D eigenvalue weighted by Crippen LogP contribution is 2.39. The van der Waals surface area contributed by atoms with Crippen LogP contribution in [0.4, 0.5) is 0 Å². The number of hydrogen-bond acceptors (Lipinski definition) is 4. The van der Waals surface area contributed by atoms with Gasteiger partial charge >= 0.3 is 5.97 Å². The largest absolute Gasteiger partial charge is 0.506 e. The first-order valence-electron chi connectivity index (χ1n) is 10.4. The predicted molar refractivity (Wildman–Crippen MR) is 116 cm³/mol. The predicted octanol–water partition coefficient (Wildman–Crippen LogP) is 3.27. The minimum atomic E-state index is -1.42. The van der Waals surface area contributed by atoms with Crippen LogP contribution in [0.25, 0.3) is 22.2 Å². The van der Waals surface area contributed by atoms with Crippen molar-refractivity contribution in [2.75, 3.05) is 13.1 Å². The van der Waals surface area contributed by atoms with Crippen molar-refractivity contribution in [3.63, 3.8) is 0 Å². The van der Waals surface area contributed by atoms with E-state index in [1.54, 1.807) is 0 Å². The Kier molecular flexibility index (Phi) is 5.15. The highest BCUT2D eigenvalue weighted by Gasteiger charge is 2.26. The van der Waals surface area contributed by atoms with Gasteiger partial charge in [0.25, 0.3) is 5.56 Å². The number of aromatic nitrogens is 2. The molecule has 158 valence electrons. The molecular weight excluding hydrogens is 382 g/mol. The minimum Gasteiger partial charge on any atom is -0.506 e. The number of carbonyl (C=O) groups is 1. The van der Waals surface area contributed by atoms with Crippen LogP contribution in [-0.2, 0) is 26.4 Å². The molecule has 4 rings (SSSR count). The monoisotopic (exact) mass is 409 g/mol. The first kappa shape index (κ1) is 20.2. The van der Waals surface area contributed by atoms with Crippen molar-refractivity contribution in [2.45, 2.75) is 39.7 Å². The molecule has 0 saturated heterocycles. The maximum atomic E-state index is 12.4. The summed E-state index contributed by atoms with van der Waals surface area (Å²) in [5.41, 5.74) is 4.03. The van der Waals surface area contributed by atoms with Crippen molar-refractivity contribution in [2.24, 2.45) is 7.05 Å². The van der Waals surface area contributed by atoms with E-state index < -0.39 is 22.8 Å². The molecule has 3 N–H and O–H groups in total. The Bertz CT molecular complexity index is 1200. The van der Waals surface area contributed by atoms with E-state index in [1.165, 1.54) is 5.69 Å². The lowest BCUT2D eigenvalue weighted by Gasteiger charge is -2.18. The molecule has 1 aliphatic carbocycles. The molecule has 0 amide bonds. The number of fused-ring (bicyclic) bond motifs is 5. The molecule has 0 atom stereocenters. The van der Waals surface area contributed by atoms with Crippen molar-refractivity contribution in [1.29, 1.82) is 0 Å². The number of pyridine rings is 1. The maximum absolute atomic E-state index is 12.4. The molecular formula is C23H27N3O4. The van der Waals surface area contributed by atoms with E-state index in [0.717, 1.165) is 54.5 Å². The first-order valence-corrected chi connectivity index (χ1v) is 10.4. The van der Waals surface area contributed by atoms with Crippen LogP contribution in [0, 0.1) is 0 Å². The van der Waals surface area contributed by atoms with Crippen LogP contribution in [0.2, 0.25) is 0 Å². The van der Waals surface area contributed by atoms with Gasteiger partial charge in [-0.25, -0.2) is 4.79 Å². The van der Waals surface area contributed by atoms with Crippen LogP contribution in [0.3, 0.4) is 0 Å². The van der Waals surface area contributed by atoms with Gasteiger partial charge in [-0.1, -0.05) is 19.9 Å². The molecule has 0 fully saturated rings. The average Bonchev–Trinajstić information content (AvgIpc) is 2.90. The smallest absolute Gasteiger partial charge is 0.345 e. The number of carboxylic acid groups (broad SMARTS) is 1. The molecule has 1 aliphatic rings. The van der Waals surface area contributed by atoms with E-state index in [-0.39, 0.29) is 0 Å². The minimum absolute atomic E-state index is 0.413. The third-order valence-corrected chi connectivity index (χ3v) is 6.34. The molecule has 3 aromatic rings. The van der Waals surface area contributed by atoms with Crippen molar-refractivity contribution < 1.29 is 15.0 Å². The summed E-state index contributed by atoms with van der Waals surface area (Å²) in [5, 5.41) is 21.0. The number of nitrogens with zero attached hydrogens (tertiary/aromatic N) is 2. The SMILES string of the molecule is CCN(CC)Cc1cc2c3c(ccc2n1C)-c1[nH]c(=O)c(C(=O)O)c(O)c1CCC3. The second-order valence-corrected chi connectivity index (χ2v) is 7.87. The number of nitrogens with one attached hydrogen (secondary N) is 1. The van der Waals surface area contributed by atoms with Crippen molar-refractivity contribution in [1.82, 2.24) is 14.5 Å². The van der Waals surface area contributed by atoms with Crippen LogP contribution in [0.5, 0.6) is 5.75 Å². The number of benzene rings is 1. The van der Waals surface area contributed by atoms with Crippen LogP contribution in [0.15, 0.2) is 23.0 Å². The van der Waals surface area contributed by atoms with Crippen LogP contribution >= 0.6 is 0 Å². The van der Waals surface area contributed by atoms with Gasteiger partial charge in [0, 0.05) is 41.3 Å². The highest BCUT2D eigenvalue weighted by molar-refractivity contribution is 5.94. The van der Waals surface area contributed by atoms with E-state index in [0.29, 0.717) is 17.7 Å². The van der Waals surface area contributed by atoms with Gasteiger partial charge < -0.3 is 19.8 Å². The van der Waals surface area contributed by atoms with E-state index in [4.69, 9.17) is 0 Å². The number of aromatic hydroxyl groups is 1. The fraction of sp³-hybridized carbons (Fsp3) is 0.391. The molecule has 0 spiro atoms. The zero-order chi connectivity index (χ0) is 21.6. The lowest BCUT2D eigenvalue weighted by atomic mass is 9.97. The highest BCUT2D eigenvalue weighted by atomic mass is 16.4. The van der Waals surface area contributed by atoms with Gasteiger partial charge in [-0.3, -0.25) is 9.69 Å². The molecule has 0 saturated carbocycles. The lowest BCUT2D eigenvalue weighted by molar-refractivity contribution is 0.0691. The summed E-state index contributed by atoms with van der Waals surface area (Å²) in [4.78, 5) is 28.9. The van der Waals surface area contributed by atoms with Crippen molar-refractivity contribution in [3.8, 4) is 17.0 Å². The summed E-state index contributed by atoms with van der Waals surface area (Å²) in [6, 6.07) is 6.23. The van der Waals surface area contributed by atoms with E-state index in [2.05, 4.69) is 41.4 Å². The van der Waals surface area contributed by atoms with Gasteiger partial charge in [-0.15, -0.1) is 0 Å². The molecule has 7 nitrogen and oxygen atoms in total. The van der Waals surface area contributed by atoms with Crippen molar-refractivity contribution >= 4 is 16.9 Å². The molecule has 2 aromatic heterocycles. The lowest BCUT2D eigenvalue weighted by Crippen LogP contribution is -2.23. The van der Waals surface area contributed by atoms with Crippen LogP contribution < -0.4 is 5.56 Å². The topological polar surface area (TPSA) is 98.6 Å². The Labute approximate surface area is 174 Å². The molecule has 0 aliphatic heterocycles. The number of aromatic carboxylic acids is 1. The molecule has 1 aromatic carbocycles. The average molecular weight is 409 g/mol. The Balaban J connectivity index is 1.93. The number of aromatic amines is 1. The molecule has 0 radical (unpaired) electrons. The molecule has 30 heavy (non-hydrogen) atoms. The molecule has 7 heteroatoms. The molecule has 0 bridgehead atoms. The number of H-pyrrole nitrogens is 1. The van der Waals surface area contributed by atoms with E-state index >= 15 is 0 Å². The summed E-state index contributed by atoms with van der Waals surface area (Å²) >= 11 is 0. The third kappa shape index (κ3) is 3.10. The Morgan fingerprint density at radius 2 is 1.90 bits per heavy atom. The summed E-state index contributed by atoms with van der Waals surface area (Å²) in [6.07, 6.45) is 2.06. The van der Waals surface area contributed by atoms with Gasteiger partial charge in [0.15, 0.2) is 5.56 Å². The standard InChI is InChI=1S/C23H27N3O4/c1-4-26(5-2)12-13-11-17-14-7-6-8-16-20(15(14)9-10-18(17)25(13)3)24-22(28)19(21(16)27)23(29)30/h9-11H,4-8,12H2,1-3H3,(H,29,30)(H2,24,27,28). The van der Waals surface area contributed by atoms with Crippen LogP contribution in [-0.4, -0.2) is 43.7 Å². The zero-order valence-corrected chi connectivity index (χ0v) is 17.6. The van der Waals surface area contributed by atoms with Crippen molar-refractivity contribution in [3.05, 3.63) is 50.9 Å². The Morgan fingerprint density at radius 1 is 1.20 bits per heavy atom. The molecule has 0 unspecified atom stereocenters. The Hall–Kier alpha value is -3.06. The quantitative estimate of drug-likeness (QED) is 0.601. The van der Waals surface area contributed by atoms with E-state index in [9.17, 15) is 19.8 Å². The maximum Gasteiger partial charge on any atom is 0.345 e. The fourth-order valence-electron chi connectivity index (χ4n) is 4.60. The van der Waals surface area contributed by atoms with Gasteiger partial charge in [0.05, 0.1) is 5.69 Å². The summed E-state index contributed by atoms with van der Waals surface area (Å²) in [5.74, 6) is -1.83. The number of aryl methyl sites for hydroxylation is 2. The number of carboxylic acids is 1. The number of hydrogen-bond donors (Lipinski definition) is 3. The fourth-order valence-corrected chi connectivity index (χ4v) is 4.60. The Morgan fingerprint density at radius 3 is 2.57 bits per heavy atom.